The van der Waals surface area contributed by atoms with Crippen molar-refractivity contribution in [2.45, 2.75) is 12.6 Å². The molecule has 0 fully saturated rings. The number of aliphatic hydroxyl groups excluding tert-OH is 1. The summed E-state index contributed by atoms with van der Waals surface area (Å²) in [5.41, 5.74) is 2.64. The van der Waals surface area contributed by atoms with Crippen molar-refractivity contribution in [3.63, 3.8) is 0 Å². The second-order valence-corrected chi connectivity index (χ2v) is 7.17. The molecule has 1 aromatic heterocycles. The molecule has 4 rings (SSSR count). The lowest BCUT2D eigenvalue weighted by Gasteiger charge is -2.19. The van der Waals surface area contributed by atoms with Gasteiger partial charge in [-0.1, -0.05) is 18.2 Å². The van der Waals surface area contributed by atoms with Crippen LogP contribution in [0.25, 0.3) is 11.1 Å². The van der Waals surface area contributed by atoms with Crippen LogP contribution in [0.5, 0.6) is 0 Å². The van der Waals surface area contributed by atoms with E-state index in [4.69, 9.17) is 5.11 Å². The number of hydrogen-bond acceptors (Lipinski definition) is 4. The summed E-state index contributed by atoms with van der Waals surface area (Å²) in [5.74, 6) is 0.347. The van der Waals surface area contributed by atoms with E-state index in [1.165, 1.54) is 6.07 Å². The highest BCUT2D eigenvalue weighted by atomic mass is 19.4. The zero-order valence-corrected chi connectivity index (χ0v) is 16.5. The van der Waals surface area contributed by atoms with Gasteiger partial charge in [0.05, 0.1) is 12.2 Å². The average molecular weight is 427 g/mol. The third-order valence-electron chi connectivity index (χ3n) is 5.21. The van der Waals surface area contributed by atoms with Crippen molar-refractivity contribution in [3.8, 4) is 11.1 Å². The van der Waals surface area contributed by atoms with Gasteiger partial charge in [0.25, 0.3) is 5.91 Å². The predicted octanol–water partition coefficient (Wildman–Crippen LogP) is 4.18. The number of pyridine rings is 1. The van der Waals surface area contributed by atoms with Crippen molar-refractivity contribution in [2.75, 3.05) is 24.6 Å². The molecule has 2 heterocycles. The van der Waals surface area contributed by atoms with E-state index in [1.54, 1.807) is 36.5 Å². The number of nitrogens with one attached hydrogen (secondary N) is 1. The Balaban J connectivity index is 1.66. The topological polar surface area (TPSA) is 65.5 Å². The lowest BCUT2D eigenvalue weighted by molar-refractivity contribution is -0.137. The highest BCUT2D eigenvalue weighted by Gasteiger charge is 2.30. The molecule has 8 heteroatoms. The van der Waals surface area contributed by atoms with E-state index in [9.17, 15) is 18.0 Å². The van der Waals surface area contributed by atoms with Gasteiger partial charge in [-0.25, -0.2) is 4.98 Å². The molecule has 5 nitrogen and oxygen atoms in total. The summed E-state index contributed by atoms with van der Waals surface area (Å²) in [4.78, 5) is 18.8. The first-order valence-electron chi connectivity index (χ1n) is 9.80. The third kappa shape index (κ3) is 4.25. The molecular formula is C23H20F3N3O2. The van der Waals surface area contributed by atoms with Gasteiger partial charge in [-0.2, -0.15) is 13.2 Å². The summed E-state index contributed by atoms with van der Waals surface area (Å²) in [6.45, 7) is 0.630. The summed E-state index contributed by atoms with van der Waals surface area (Å²) in [5, 5.41) is 11.6. The zero-order valence-electron chi connectivity index (χ0n) is 16.5. The molecule has 0 saturated heterocycles. The Kier molecular flexibility index (Phi) is 5.65. The minimum absolute atomic E-state index is 0.140. The van der Waals surface area contributed by atoms with Crippen LogP contribution in [0.4, 0.5) is 24.7 Å². The largest absolute Gasteiger partial charge is 0.416 e. The summed E-state index contributed by atoms with van der Waals surface area (Å²) in [6, 6.07) is 14.0. The molecule has 0 unspecified atom stereocenters. The van der Waals surface area contributed by atoms with Crippen molar-refractivity contribution in [2.24, 2.45) is 0 Å². The standard InChI is InChI=1S/C23H20F3N3O2/c24-23(25,26)17-4-1-3-15(13-17)16-7-9-27-21(14-16)29-11-8-18-19(5-2-6-20(18)29)22(31)28-10-12-30/h1-7,9,13-14,30H,8,10-12H2,(H,28,31). The molecule has 0 aliphatic carbocycles. The van der Waals surface area contributed by atoms with E-state index in [-0.39, 0.29) is 19.1 Å². The molecule has 0 radical (unpaired) electrons. The number of anilines is 2. The van der Waals surface area contributed by atoms with E-state index < -0.39 is 11.7 Å². The van der Waals surface area contributed by atoms with Crippen LogP contribution in [0.3, 0.4) is 0 Å². The minimum atomic E-state index is -4.41. The van der Waals surface area contributed by atoms with Crippen LogP contribution in [-0.2, 0) is 12.6 Å². The summed E-state index contributed by atoms with van der Waals surface area (Å²) in [6.07, 6.45) is -2.21. The number of benzene rings is 2. The second kappa shape index (κ2) is 8.39. The van der Waals surface area contributed by atoms with Crippen molar-refractivity contribution in [3.05, 3.63) is 77.5 Å². The fourth-order valence-electron chi connectivity index (χ4n) is 3.77. The first-order valence-corrected chi connectivity index (χ1v) is 9.80. The number of carbonyl (C=O) groups is 1. The van der Waals surface area contributed by atoms with E-state index in [1.807, 2.05) is 11.0 Å². The lowest BCUT2D eigenvalue weighted by Crippen LogP contribution is -2.27. The van der Waals surface area contributed by atoms with Crippen molar-refractivity contribution < 1.29 is 23.1 Å². The first-order chi connectivity index (χ1) is 14.9. The van der Waals surface area contributed by atoms with Gasteiger partial charge in [0, 0.05) is 30.5 Å². The third-order valence-corrected chi connectivity index (χ3v) is 5.21. The van der Waals surface area contributed by atoms with Crippen LogP contribution in [0.15, 0.2) is 60.8 Å². The van der Waals surface area contributed by atoms with Gasteiger partial charge >= 0.3 is 6.18 Å². The molecule has 0 spiro atoms. The highest BCUT2D eigenvalue weighted by Crippen LogP contribution is 2.37. The van der Waals surface area contributed by atoms with Crippen LogP contribution in [0.1, 0.15) is 21.5 Å². The Morgan fingerprint density at radius 3 is 2.65 bits per heavy atom. The lowest BCUT2D eigenvalue weighted by atomic mass is 10.0. The molecule has 0 atom stereocenters. The van der Waals surface area contributed by atoms with E-state index in [0.717, 1.165) is 23.4 Å². The number of aromatic nitrogens is 1. The summed E-state index contributed by atoms with van der Waals surface area (Å²) < 4.78 is 39.3. The molecule has 0 bridgehead atoms. The number of rotatable bonds is 5. The molecule has 2 N–H and O–H groups in total. The van der Waals surface area contributed by atoms with Crippen molar-refractivity contribution in [1.29, 1.82) is 0 Å². The Morgan fingerprint density at radius 1 is 1.10 bits per heavy atom. The van der Waals surface area contributed by atoms with Gasteiger partial charge in [-0.15, -0.1) is 0 Å². The predicted molar refractivity (Wildman–Crippen MR) is 111 cm³/mol. The van der Waals surface area contributed by atoms with Crippen molar-refractivity contribution in [1.82, 2.24) is 10.3 Å². The Hall–Kier alpha value is -3.39. The quantitative estimate of drug-likeness (QED) is 0.641. The van der Waals surface area contributed by atoms with Crippen LogP contribution < -0.4 is 10.2 Å². The van der Waals surface area contributed by atoms with Gasteiger partial charge in [-0.05, 0) is 59.5 Å². The van der Waals surface area contributed by atoms with Crippen LogP contribution in [0.2, 0.25) is 0 Å². The number of carbonyl (C=O) groups excluding carboxylic acids is 1. The van der Waals surface area contributed by atoms with Crippen LogP contribution in [0, 0.1) is 0 Å². The number of hydrogen-bond donors (Lipinski definition) is 2. The molecule has 1 aliphatic heterocycles. The van der Waals surface area contributed by atoms with E-state index in [0.29, 0.717) is 35.5 Å². The number of alkyl halides is 3. The first kappa shape index (κ1) is 20.9. The summed E-state index contributed by atoms with van der Waals surface area (Å²) >= 11 is 0. The van der Waals surface area contributed by atoms with Crippen LogP contribution >= 0.6 is 0 Å². The van der Waals surface area contributed by atoms with E-state index >= 15 is 0 Å². The van der Waals surface area contributed by atoms with E-state index in [2.05, 4.69) is 10.3 Å². The van der Waals surface area contributed by atoms with Crippen molar-refractivity contribution >= 4 is 17.4 Å². The monoisotopic (exact) mass is 427 g/mol. The SMILES string of the molecule is O=C(NCCO)c1cccc2c1CCN2c1cc(-c2cccc(C(F)(F)F)c2)ccn1. The smallest absolute Gasteiger partial charge is 0.395 e. The fourth-order valence-corrected chi connectivity index (χ4v) is 3.77. The maximum absolute atomic E-state index is 13.1. The Bertz CT molecular complexity index is 1120. The number of aliphatic hydroxyl groups is 1. The molecule has 3 aromatic rings. The minimum Gasteiger partial charge on any atom is -0.395 e. The average Bonchev–Trinajstić information content (AvgIpc) is 3.21. The highest BCUT2D eigenvalue weighted by molar-refractivity contribution is 5.98. The molecule has 1 amide bonds. The molecule has 0 saturated carbocycles. The second-order valence-electron chi connectivity index (χ2n) is 7.17. The Morgan fingerprint density at radius 2 is 1.87 bits per heavy atom. The zero-order chi connectivity index (χ0) is 22.0. The van der Waals surface area contributed by atoms with Gasteiger partial charge < -0.3 is 15.3 Å². The number of amides is 1. The van der Waals surface area contributed by atoms with Gasteiger partial charge in [0.15, 0.2) is 0 Å². The number of halogens is 3. The molecule has 160 valence electrons. The molecule has 1 aliphatic rings. The summed E-state index contributed by atoms with van der Waals surface area (Å²) in [7, 11) is 0. The van der Waals surface area contributed by atoms with Gasteiger partial charge in [-0.3, -0.25) is 4.79 Å². The van der Waals surface area contributed by atoms with Gasteiger partial charge in [0.2, 0.25) is 0 Å². The normalized spacial score (nSPS) is 13.2. The molecule has 2 aromatic carbocycles. The molecule has 31 heavy (non-hydrogen) atoms. The maximum Gasteiger partial charge on any atom is 0.416 e. The number of fused-ring (bicyclic) bond motifs is 1. The van der Waals surface area contributed by atoms with Crippen LogP contribution in [-0.4, -0.2) is 35.7 Å². The fraction of sp³-hybridized carbons (Fsp3) is 0.217. The van der Waals surface area contributed by atoms with Gasteiger partial charge in [0.1, 0.15) is 5.82 Å². The maximum atomic E-state index is 13.1. The Labute approximate surface area is 177 Å². The number of nitrogens with zero attached hydrogens (tertiary/aromatic N) is 2. The molecular weight excluding hydrogens is 407 g/mol.